The first-order valence-electron chi connectivity index (χ1n) is 7.04. The third kappa shape index (κ3) is 3.95. The Hall–Kier alpha value is -0.620. The van der Waals surface area contributed by atoms with E-state index in [1.807, 2.05) is 6.07 Å². The number of sulfonamides is 1. The Morgan fingerprint density at radius 3 is 2.70 bits per heavy atom. The molecule has 1 aromatic carbocycles. The van der Waals surface area contributed by atoms with Gasteiger partial charge in [-0.3, -0.25) is 0 Å². The first kappa shape index (κ1) is 15.8. The molecule has 20 heavy (non-hydrogen) atoms. The van der Waals surface area contributed by atoms with Gasteiger partial charge >= 0.3 is 0 Å². The van der Waals surface area contributed by atoms with E-state index in [1.165, 1.54) is 0 Å². The normalized spacial score (nSPS) is 17.3. The molecule has 0 spiro atoms. The van der Waals surface area contributed by atoms with E-state index in [0.29, 0.717) is 0 Å². The van der Waals surface area contributed by atoms with E-state index >= 15 is 0 Å². The van der Waals surface area contributed by atoms with Crippen molar-refractivity contribution in [2.24, 2.45) is 0 Å². The third-order valence-electron chi connectivity index (χ3n) is 3.48. The van der Waals surface area contributed by atoms with Crippen LogP contribution in [-0.4, -0.2) is 27.5 Å². The van der Waals surface area contributed by atoms with E-state index in [1.54, 1.807) is 12.1 Å². The van der Waals surface area contributed by atoms with Gasteiger partial charge < -0.3 is 5.32 Å². The molecule has 1 saturated heterocycles. The maximum absolute atomic E-state index is 12.5. The van der Waals surface area contributed by atoms with Gasteiger partial charge in [0.15, 0.2) is 0 Å². The Morgan fingerprint density at radius 2 is 2.05 bits per heavy atom. The minimum Gasteiger partial charge on any atom is -0.317 e. The van der Waals surface area contributed by atoms with Crippen molar-refractivity contribution >= 4 is 21.6 Å². The van der Waals surface area contributed by atoms with Crippen LogP contribution in [0.4, 0.5) is 0 Å². The number of piperidine rings is 1. The number of rotatable bonds is 5. The van der Waals surface area contributed by atoms with Crippen LogP contribution in [0, 0.1) is 0 Å². The minimum atomic E-state index is -3.54. The summed E-state index contributed by atoms with van der Waals surface area (Å²) < 4.78 is 27.7. The smallest absolute Gasteiger partial charge is 0.242 e. The summed E-state index contributed by atoms with van der Waals surface area (Å²) in [4.78, 5) is 0.198. The Labute approximate surface area is 126 Å². The van der Waals surface area contributed by atoms with E-state index in [-0.39, 0.29) is 16.0 Å². The molecule has 2 rings (SSSR count). The number of halogens is 1. The SMILES string of the molecule is CCCc1ccc(Cl)c(S(=O)(=O)NC2CCNCC2)c1. The van der Waals surface area contributed by atoms with Crippen molar-refractivity contribution in [3.8, 4) is 0 Å². The summed E-state index contributed by atoms with van der Waals surface area (Å²) in [6.45, 7) is 3.75. The highest BCUT2D eigenvalue weighted by Crippen LogP contribution is 2.24. The van der Waals surface area contributed by atoms with Crippen molar-refractivity contribution < 1.29 is 8.42 Å². The summed E-state index contributed by atoms with van der Waals surface area (Å²) in [5.41, 5.74) is 1.00. The lowest BCUT2D eigenvalue weighted by atomic mass is 10.1. The molecule has 6 heteroatoms. The third-order valence-corrected chi connectivity index (χ3v) is 5.49. The molecule has 0 unspecified atom stereocenters. The topological polar surface area (TPSA) is 58.2 Å². The van der Waals surface area contributed by atoms with Gasteiger partial charge in [-0.1, -0.05) is 31.0 Å². The van der Waals surface area contributed by atoms with Crippen LogP contribution < -0.4 is 10.0 Å². The van der Waals surface area contributed by atoms with Crippen molar-refractivity contribution in [3.63, 3.8) is 0 Å². The fourth-order valence-corrected chi connectivity index (χ4v) is 4.28. The zero-order valence-corrected chi connectivity index (χ0v) is 13.2. The summed E-state index contributed by atoms with van der Waals surface area (Å²) >= 11 is 6.07. The first-order chi connectivity index (χ1) is 9.53. The van der Waals surface area contributed by atoms with E-state index in [2.05, 4.69) is 17.0 Å². The Bertz CT molecular complexity index is 554. The molecule has 1 aliphatic heterocycles. The van der Waals surface area contributed by atoms with Gasteiger partial charge in [-0.05, 0) is 50.0 Å². The average molecular weight is 317 g/mol. The van der Waals surface area contributed by atoms with Crippen molar-refractivity contribution in [2.45, 2.75) is 43.5 Å². The molecule has 0 atom stereocenters. The van der Waals surface area contributed by atoms with Gasteiger partial charge in [-0.25, -0.2) is 13.1 Å². The molecule has 112 valence electrons. The quantitative estimate of drug-likeness (QED) is 0.876. The highest BCUT2D eigenvalue weighted by Gasteiger charge is 2.23. The van der Waals surface area contributed by atoms with Gasteiger partial charge in [0.1, 0.15) is 4.90 Å². The van der Waals surface area contributed by atoms with E-state index < -0.39 is 10.0 Å². The zero-order chi connectivity index (χ0) is 14.6. The number of hydrogen-bond acceptors (Lipinski definition) is 3. The highest BCUT2D eigenvalue weighted by atomic mass is 35.5. The second-order valence-electron chi connectivity index (χ2n) is 5.16. The van der Waals surface area contributed by atoms with Crippen LogP contribution in [0.15, 0.2) is 23.1 Å². The molecule has 1 aromatic rings. The maximum atomic E-state index is 12.5. The lowest BCUT2D eigenvalue weighted by molar-refractivity contribution is 0.427. The van der Waals surface area contributed by atoms with Gasteiger partial charge in [-0.2, -0.15) is 0 Å². The van der Waals surface area contributed by atoms with Crippen molar-refractivity contribution in [1.82, 2.24) is 10.0 Å². The van der Waals surface area contributed by atoms with Crippen molar-refractivity contribution in [2.75, 3.05) is 13.1 Å². The molecule has 0 aliphatic carbocycles. The number of hydrogen-bond donors (Lipinski definition) is 2. The Kier molecular flexibility index (Phi) is 5.43. The van der Waals surface area contributed by atoms with Crippen molar-refractivity contribution in [1.29, 1.82) is 0 Å². The van der Waals surface area contributed by atoms with E-state index in [0.717, 1.165) is 44.3 Å². The van der Waals surface area contributed by atoms with Gasteiger partial charge in [-0.15, -0.1) is 0 Å². The van der Waals surface area contributed by atoms with Crippen LogP contribution in [0.1, 0.15) is 31.7 Å². The molecule has 1 heterocycles. The number of nitrogens with one attached hydrogen (secondary N) is 2. The van der Waals surface area contributed by atoms with Gasteiger partial charge in [0.25, 0.3) is 0 Å². The molecule has 0 aromatic heterocycles. The number of aryl methyl sites for hydroxylation is 1. The highest BCUT2D eigenvalue weighted by molar-refractivity contribution is 7.89. The second kappa shape index (κ2) is 6.89. The first-order valence-corrected chi connectivity index (χ1v) is 8.90. The second-order valence-corrected chi connectivity index (χ2v) is 7.25. The fraction of sp³-hybridized carbons (Fsp3) is 0.571. The largest absolute Gasteiger partial charge is 0.317 e. The molecule has 0 amide bonds. The van der Waals surface area contributed by atoms with Gasteiger partial charge in [0, 0.05) is 6.04 Å². The zero-order valence-electron chi connectivity index (χ0n) is 11.7. The van der Waals surface area contributed by atoms with Crippen molar-refractivity contribution in [3.05, 3.63) is 28.8 Å². The Morgan fingerprint density at radius 1 is 1.35 bits per heavy atom. The summed E-state index contributed by atoms with van der Waals surface area (Å²) in [5, 5.41) is 3.50. The molecule has 4 nitrogen and oxygen atoms in total. The lowest BCUT2D eigenvalue weighted by Crippen LogP contribution is -2.42. The molecular formula is C14H21ClN2O2S. The van der Waals surface area contributed by atoms with Crippen LogP contribution in [-0.2, 0) is 16.4 Å². The monoisotopic (exact) mass is 316 g/mol. The Balaban J connectivity index is 2.21. The van der Waals surface area contributed by atoms with Crippen LogP contribution in [0.25, 0.3) is 0 Å². The van der Waals surface area contributed by atoms with E-state index in [4.69, 9.17) is 11.6 Å². The predicted molar refractivity (Wildman–Crippen MR) is 81.7 cm³/mol. The van der Waals surface area contributed by atoms with Crippen LogP contribution in [0.2, 0.25) is 5.02 Å². The average Bonchev–Trinajstić information content (AvgIpc) is 2.42. The van der Waals surface area contributed by atoms with Crippen LogP contribution in [0.5, 0.6) is 0 Å². The summed E-state index contributed by atoms with van der Waals surface area (Å²) in [7, 11) is -3.54. The molecule has 0 radical (unpaired) electrons. The molecule has 2 N–H and O–H groups in total. The lowest BCUT2D eigenvalue weighted by Gasteiger charge is -2.23. The summed E-state index contributed by atoms with van der Waals surface area (Å²) in [5.74, 6) is 0. The molecule has 1 aliphatic rings. The molecular weight excluding hydrogens is 296 g/mol. The standard InChI is InChI=1S/C14H21ClN2O2S/c1-2-3-11-4-5-13(15)14(10-11)20(18,19)17-12-6-8-16-9-7-12/h4-5,10,12,16-17H,2-3,6-9H2,1H3. The van der Waals surface area contributed by atoms with Crippen LogP contribution in [0.3, 0.4) is 0 Å². The molecule has 1 fully saturated rings. The minimum absolute atomic E-state index is 0.00727. The fourth-order valence-electron chi connectivity index (χ4n) is 2.42. The van der Waals surface area contributed by atoms with Crippen LogP contribution >= 0.6 is 11.6 Å². The summed E-state index contributed by atoms with van der Waals surface area (Å²) in [6.07, 6.45) is 3.45. The van der Waals surface area contributed by atoms with E-state index in [9.17, 15) is 8.42 Å². The van der Waals surface area contributed by atoms with Gasteiger partial charge in [0.2, 0.25) is 10.0 Å². The molecule has 0 bridgehead atoms. The predicted octanol–water partition coefficient (Wildman–Crippen LogP) is 2.32. The summed E-state index contributed by atoms with van der Waals surface area (Å²) in [6, 6.07) is 5.24. The molecule has 0 saturated carbocycles. The number of benzene rings is 1. The maximum Gasteiger partial charge on any atom is 0.242 e. The van der Waals surface area contributed by atoms with Gasteiger partial charge in [0.05, 0.1) is 5.02 Å².